The van der Waals surface area contributed by atoms with Gasteiger partial charge in [0.1, 0.15) is 12.7 Å². The smallest absolute Gasteiger partial charge is 0.309 e. The van der Waals surface area contributed by atoms with Gasteiger partial charge in [-0.15, -0.1) is 0 Å². The SMILES string of the molecule is COc1ccc(CCNCC(O)COc2cccc3c2OS(=O)(=O)CC3)cc1OC. The van der Waals surface area contributed by atoms with Gasteiger partial charge in [-0.3, -0.25) is 0 Å². The van der Waals surface area contributed by atoms with Crippen molar-refractivity contribution in [1.29, 1.82) is 0 Å². The number of fused-ring (bicyclic) bond motifs is 1. The zero-order valence-electron chi connectivity index (χ0n) is 17.1. The van der Waals surface area contributed by atoms with Gasteiger partial charge in [0.15, 0.2) is 23.0 Å². The molecule has 1 aliphatic rings. The topological polar surface area (TPSA) is 103 Å². The number of hydrogen-bond acceptors (Lipinski definition) is 8. The fourth-order valence-electron chi connectivity index (χ4n) is 3.15. The van der Waals surface area contributed by atoms with Crippen LogP contribution in [0.4, 0.5) is 0 Å². The fraction of sp³-hybridized carbons (Fsp3) is 0.429. The van der Waals surface area contributed by atoms with Crippen LogP contribution >= 0.6 is 0 Å². The molecule has 1 atom stereocenters. The number of para-hydroxylation sites is 1. The predicted octanol–water partition coefficient (Wildman–Crippen LogP) is 1.54. The third kappa shape index (κ3) is 5.78. The summed E-state index contributed by atoms with van der Waals surface area (Å²) in [5.41, 5.74) is 1.87. The highest BCUT2D eigenvalue weighted by Crippen LogP contribution is 2.36. The van der Waals surface area contributed by atoms with Crippen LogP contribution in [0.5, 0.6) is 23.0 Å². The molecule has 164 valence electrons. The summed E-state index contributed by atoms with van der Waals surface area (Å²) in [5.74, 6) is 1.86. The Kier molecular flexibility index (Phi) is 7.41. The normalized spacial score (nSPS) is 15.6. The summed E-state index contributed by atoms with van der Waals surface area (Å²) in [7, 11) is -0.389. The Balaban J connectivity index is 1.45. The molecule has 0 radical (unpaired) electrons. The summed E-state index contributed by atoms with van der Waals surface area (Å²) in [6.07, 6.45) is 0.382. The van der Waals surface area contributed by atoms with Crippen LogP contribution in [0.25, 0.3) is 0 Å². The van der Waals surface area contributed by atoms with E-state index in [0.29, 0.717) is 36.8 Å². The Morgan fingerprint density at radius 3 is 2.70 bits per heavy atom. The van der Waals surface area contributed by atoms with E-state index >= 15 is 0 Å². The largest absolute Gasteiger partial charge is 0.493 e. The second-order valence-electron chi connectivity index (χ2n) is 6.95. The predicted molar refractivity (Wildman–Crippen MR) is 112 cm³/mol. The number of benzene rings is 2. The highest BCUT2D eigenvalue weighted by atomic mass is 32.2. The molecule has 0 saturated carbocycles. The van der Waals surface area contributed by atoms with Crippen molar-refractivity contribution in [2.75, 3.05) is 39.7 Å². The molecule has 0 saturated heterocycles. The Hall–Kier alpha value is -2.49. The van der Waals surface area contributed by atoms with Gasteiger partial charge in [-0.2, -0.15) is 8.42 Å². The molecule has 0 bridgehead atoms. The van der Waals surface area contributed by atoms with Gasteiger partial charge >= 0.3 is 10.1 Å². The summed E-state index contributed by atoms with van der Waals surface area (Å²) < 4.78 is 44.7. The van der Waals surface area contributed by atoms with Crippen molar-refractivity contribution in [3.8, 4) is 23.0 Å². The van der Waals surface area contributed by atoms with Crippen LogP contribution < -0.4 is 23.7 Å². The molecule has 8 nitrogen and oxygen atoms in total. The van der Waals surface area contributed by atoms with Crippen LogP contribution in [0.2, 0.25) is 0 Å². The summed E-state index contributed by atoms with van der Waals surface area (Å²) >= 11 is 0. The maximum atomic E-state index is 11.7. The molecule has 0 fully saturated rings. The van der Waals surface area contributed by atoms with E-state index in [1.165, 1.54) is 0 Å². The number of methoxy groups -OCH3 is 2. The lowest BCUT2D eigenvalue weighted by molar-refractivity contribution is 0.105. The molecule has 0 spiro atoms. The Morgan fingerprint density at radius 1 is 1.13 bits per heavy atom. The highest BCUT2D eigenvalue weighted by Gasteiger charge is 2.25. The zero-order chi connectivity index (χ0) is 21.6. The molecule has 30 heavy (non-hydrogen) atoms. The Labute approximate surface area is 176 Å². The molecule has 1 unspecified atom stereocenters. The van der Waals surface area contributed by atoms with E-state index in [-0.39, 0.29) is 18.1 Å². The van der Waals surface area contributed by atoms with E-state index in [4.69, 9.17) is 18.4 Å². The number of aryl methyl sites for hydroxylation is 1. The number of rotatable bonds is 10. The number of aliphatic hydroxyl groups is 1. The van der Waals surface area contributed by atoms with E-state index in [1.54, 1.807) is 26.4 Å². The molecule has 1 aliphatic heterocycles. The van der Waals surface area contributed by atoms with Crippen LogP contribution in [-0.2, 0) is 23.0 Å². The second kappa shape index (κ2) is 10.0. The van der Waals surface area contributed by atoms with E-state index in [2.05, 4.69) is 5.32 Å². The Bertz CT molecular complexity index is 962. The van der Waals surface area contributed by atoms with Gasteiger partial charge in [-0.25, -0.2) is 0 Å². The first-order valence-electron chi connectivity index (χ1n) is 9.68. The summed E-state index contributed by atoms with van der Waals surface area (Å²) in [6.45, 7) is 1.01. The minimum atomic E-state index is -3.58. The average Bonchev–Trinajstić information content (AvgIpc) is 2.74. The molecule has 9 heteroatoms. The van der Waals surface area contributed by atoms with E-state index in [1.807, 2.05) is 24.3 Å². The standard InChI is InChI=1S/C21H27NO7S/c1-26-18-7-6-15(12-20(18)27-2)8-10-22-13-17(23)14-28-19-5-3-4-16-9-11-30(24,25)29-21(16)19/h3-7,12,17,22-23H,8-11,13-14H2,1-2H3. The molecule has 2 N–H and O–H groups in total. The van der Waals surface area contributed by atoms with Gasteiger partial charge in [0, 0.05) is 12.1 Å². The maximum Gasteiger partial charge on any atom is 0.309 e. The summed E-state index contributed by atoms with van der Waals surface area (Å²) in [6, 6.07) is 11.0. The minimum absolute atomic E-state index is 0.0171. The van der Waals surface area contributed by atoms with Crippen molar-refractivity contribution in [2.24, 2.45) is 0 Å². The van der Waals surface area contributed by atoms with E-state index in [9.17, 15) is 13.5 Å². The van der Waals surface area contributed by atoms with Crippen molar-refractivity contribution in [2.45, 2.75) is 18.9 Å². The number of nitrogens with one attached hydrogen (secondary N) is 1. The highest BCUT2D eigenvalue weighted by molar-refractivity contribution is 7.87. The van der Waals surface area contributed by atoms with Crippen molar-refractivity contribution >= 4 is 10.1 Å². The first kappa shape index (κ1) is 22.2. The molecule has 0 aliphatic carbocycles. The van der Waals surface area contributed by atoms with Crippen LogP contribution in [0.3, 0.4) is 0 Å². The van der Waals surface area contributed by atoms with Crippen LogP contribution in [0.15, 0.2) is 36.4 Å². The monoisotopic (exact) mass is 437 g/mol. The third-order valence-corrected chi connectivity index (χ3v) is 5.87. The molecule has 1 heterocycles. The quantitative estimate of drug-likeness (QED) is 0.426. The molecule has 2 aromatic rings. The van der Waals surface area contributed by atoms with Crippen LogP contribution in [0.1, 0.15) is 11.1 Å². The molecule has 2 aromatic carbocycles. The van der Waals surface area contributed by atoms with Gasteiger partial charge < -0.3 is 28.8 Å². The van der Waals surface area contributed by atoms with Gasteiger partial charge in [-0.05, 0) is 43.1 Å². The van der Waals surface area contributed by atoms with Crippen molar-refractivity contribution in [3.63, 3.8) is 0 Å². The lowest BCUT2D eigenvalue weighted by Crippen LogP contribution is -2.32. The second-order valence-corrected chi connectivity index (χ2v) is 8.64. The maximum absolute atomic E-state index is 11.7. The molecule has 3 rings (SSSR count). The van der Waals surface area contributed by atoms with Gasteiger partial charge in [0.05, 0.1) is 20.0 Å². The number of aliphatic hydroxyl groups excluding tert-OH is 1. The molecular formula is C21H27NO7S. The van der Waals surface area contributed by atoms with Crippen molar-refractivity contribution in [3.05, 3.63) is 47.5 Å². The number of hydrogen-bond donors (Lipinski definition) is 2. The zero-order valence-corrected chi connectivity index (χ0v) is 17.9. The first-order valence-corrected chi connectivity index (χ1v) is 11.3. The van der Waals surface area contributed by atoms with E-state index < -0.39 is 16.2 Å². The third-order valence-electron chi connectivity index (χ3n) is 4.74. The van der Waals surface area contributed by atoms with Gasteiger partial charge in [0.25, 0.3) is 0 Å². The lowest BCUT2D eigenvalue weighted by Gasteiger charge is -2.21. The van der Waals surface area contributed by atoms with Crippen molar-refractivity contribution < 1.29 is 31.9 Å². The van der Waals surface area contributed by atoms with Crippen molar-refractivity contribution in [1.82, 2.24) is 5.32 Å². The lowest BCUT2D eigenvalue weighted by atomic mass is 10.1. The molecule has 0 amide bonds. The minimum Gasteiger partial charge on any atom is -0.493 e. The average molecular weight is 438 g/mol. The van der Waals surface area contributed by atoms with Gasteiger partial charge in [-0.1, -0.05) is 18.2 Å². The van der Waals surface area contributed by atoms with Crippen LogP contribution in [-0.4, -0.2) is 59.3 Å². The molecular weight excluding hydrogens is 410 g/mol. The van der Waals surface area contributed by atoms with E-state index in [0.717, 1.165) is 17.5 Å². The fourth-order valence-corrected chi connectivity index (χ4v) is 4.15. The summed E-state index contributed by atoms with van der Waals surface area (Å²) in [4.78, 5) is 0. The van der Waals surface area contributed by atoms with Gasteiger partial charge in [0.2, 0.25) is 0 Å². The first-order chi connectivity index (χ1) is 14.4. The van der Waals surface area contributed by atoms with Crippen LogP contribution in [0, 0.1) is 0 Å². The molecule has 0 aromatic heterocycles. The number of ether oxygens (including phenoxy) is 3. The Morgan fingerprint density at radius 2 is 1.93 bits per heavy atom. The summed E-state index contributed by atoms with van der Waals surface area (Å²) in [5, 5.41) is 13.4.